The monoisotopic (exact) mass is 199 g/mol. The molecule has 1 N–H and O–H groups in total. The van der Waals surface area contributed by atoms with Crippen LogP contribution in [0.2, 0.25) is 0 Å². The summed E-state index contributed by atoms with van der Waals surface area (Å²) in [5.74, 6) is 0.877. The van der Waals surface area contributed by atoms with E-state index >= 15 is 0 Å². The average Bonchev–Trinajstić information content (AvgIpc) is 2.76. The zero-order valence-electron chi connectivity index (χ0n) is 9.21. The van der Waals surface area contributed by atoms with Gasteiger partial charge in [0.1, 0.15) is 6.79 Å². The molecule has 1 saturated carbocycles. The van der Waals surface area contributed by atoms with Gasteiger partial charge in [-0.25, -0.2) is 0 Å². The van der Waals surface area contributed by atoms with E-state index < -0.39 is 0 Å². The largest absolute Gasteiger partial charge is 0.355 e. The Labute approximate surface area is 86.2 Å². The summed E-state index contributed by atoms with van der Waals surface area (Å²) in [7, 11) is 0. The van der Waals surface area contributed by atoms with E-state index in [0.29, 0.717) is 18.3 Å². The minimum Gasteiger partial charge on any atom is -0.355 e. The maximum absolute atomic E-state index is 5.45. The highest BCUT2D eigenvalue weighted by Crippen LogP contribution is 2.50. The summed E-state index contributed by atoms with van der Waals surface area (Å²) < 4.78 is 10.6. The SMILES string of the molecule is CC1(C)CC1CNCC1CCOCO1. The summed E-state index contributed by atoms with van der Waals surface area (Å²) in [6.07, 6.45) is 2.76. The molecule has 1 saturated heterocycles. The van der Waals surface area contributed by atoms with Crippen LogP contribution in [0, 0.1) is 11.3 Å². The molecule has 14 heavy (non-hydrogen) atoms. The number of hydrogen-bond acceptors (Lipinski definition) is 3. The predicted molar refractivity (Wildman–Crippen MR) is 55.1 cm³/mol. The Morgan fingerprint density at radius 1 is 1.36 bits per heavy atom. The molecule has 3 nitrogen and oxygen atoms in total. The molecule has 0 amide bonds. The summed E-state index contributed by atoms with van der Waals surface area (Å²) in [4.78, 5) is 0. The minimum absolute atomic E-state index is 0.366. The molecular weight excluding hydrogens is 178 g/mol. The lowest BCUT2D eigenvalue weighted by molar-refractivity contribution is -0.137. The van der Waals surface area contributed by atoms with Gasteiger partial charge in [-0.15, -0.1) is 0 Å². The Morgan fingerprint density at radius 3 is 2.71 bits per heavy atom. The van der Waals surface area contributed by atoms with E-state index in [1.165, 1.54) is 6.42 Å². The zero-order chi connectivity index (χ0) is 10.0. The first-order valence-electron chi connectivity index (χ1n) is 5.58. The van der Waals surface area contributed by atoms with Crippen molar-refractivity contribution in [3.05, 3.63) is 0 Å². The van der Waals surface area contributed by atoms with Crippen molar-refractivity contribution in [2.45, 2.75) is 32.8 Å². The summed E-state index contributed by atoms with van der Waals surface area (Å²) >= 11 is 0. The second-order valence-electron chi connectivity index (χ2n) is 5.15. The first kappa shape index (κ1) is 10.4. The van der Waals surface area contributed by atoms with Gasteiger partial charge >= 0.3 is 0 Å². The topological polar surface area (TPSA) is 30.5 Å². The number of rotatable bonds is 4. The molecule has 3 heteroatoms. The van der Waals surface area contributed by atoms with E-state index in [9.17, 15) is 0 Å². The third kappa shape index (κ3) is 2.69. The lowest BCUT2D eigenvalue weighted by Crippen LogP contribution is -2.35. The molecule has 0 radical (unpaired) electrons. The van der Waals surface area contributed by atoms with E-state index in [-0.39, 0.29) is 0 Å². The molecule has 1 heterocycles. The summed E-state index contributed by atoms with van der Waals surface area (Å²) in [5, 5.41) is 3.49. The summed E-state index contributed by atoms with van der Waals surface area (Å²) in [5.41, 5.74) is 0.587. The quantitative estimate of drug-likeness (QED) is 0.742. The van der Waals surface area contributed by atoms with Crippen molar-refractivity contribution < 1.29 is 9.47 Å². The van der Waals surface area contributed by atoms with Crippen molar-refractivity contribution in [3.8, 4) is 0 Å². The lowest BCUT2D eigenvalue weighted by atomic mass is 10.1. The third-order valence-corrected chi connectivity index (χ3v) is 3.45. The standard InChI is InChI=1S/C11H21NO2/c1-11(2)5-9(11)6-12-7-10-3-4-13-8-14-10/h9-10,12H,3-8H2,1-2H3. The van der Waals surface area contributed by atoms with Crippen LogP contribution in [-0.2, 0) is 9.47 Å². The maximum Gasteiger partial charge on any atom is 0.147 e. The van der Waals surface area contributed by atoms with Crippen LogP contribution in [0.5, 0.6) is 0 Å². The van der Waals surface area contributed by atoms with E-state index in [2.05, 4.69) is 19.2 Å². The van der Waals surface area contributed by atoms with Crippen molar-refractivity contribution in [1.29, 1.82) is 0 Å². The highest BCUT2D eigenvalue weighted by molar-refractivity contribution is 4.96. The minimum atomic E-state index is 0.366. The number of ether oxygens (including phenoxy) is 2. The van der Waals surface area contributed by atoms with Crippen LogP contribution in [0.25, 0.3) is 0 Å². The van der Waals surface area contributed by atoms with Gasteiger partial charge in [-0.2, -0.15) is 0 Å². The Kier molecular flexibility index (Phi) is 3.10. The fraction of sp³-hybridized carbons (Fsp3) is 1.00. The number of nitrogens with one attached hydrogen (secondary N) is 1. The molecule has 2 rings (SSSR count). The van der Waals surface area contributed by atoms with Crippen molar-refractivity contribution in [1.82, 2.24) is 5.32 Å². The normalized spacial score (nSPS) is 35.6. The van der Waals surface area contributed by atoms with Gasteiger partial charge in [0.15, 0.2) is 0 Å². The molecule has 2 fully saturated rings. The van der Waals surface area contributed by atoms with Gasteiger partial charge in [-0.3, -0.25) is 0 Å². The number of hydrogen-bond donors (Lipinski definition) is 1. The smallest absolute Gasteiger partial charge is 0.147 e. The third-order valence-electron chi connectivity index (χ3n) is 3.45. The lowest BCUT2D eigenvalue weighted by Gasteiger charge is -2.23. The van der Waals surface area contributed by atoms with E-state index in [0.717, 1.165) is 32.0 Å². The van der Waals surface area contributed by atoms with Crippen molar-refractivity contribution in [2.24, 2.45) is 11.3 Å². The van der Waals surface area contributed by atoms with Gasteiger partial charge < -0.3 is 14.8 Å². The van der Waals surface area contributed by atoms with Crippen LogP contribution in [0.3, 0.4) is 0 Å². The van der Waals surface area contributed by atoms with Gasteiger partial charge in [-0.1, -0.05) is 13.8 Å². The molecule has 0 aromatic carbocycles. The summed E-state index contributed by atoms with van der Waals surface area (Å²) in [6, 6.07) is 0. The highest BCUT2D eigenvalue weighted by Gasteiger charge is 2.44. The Bertz CT molecular complexity index is 188. The van der Waals surface area contributed by atoms with Crippen molar-refractivity contribution in [2.75, 3.05) is 26.5 Å². The highest BCUT2D eigenvalue weighted by atomic mass is 16.7. The Morgan fingerprint density at radius 2 is 2.14 bits per heavy atom. The molecule has 2 atom stereocenters. The molecule has 0 bridgehead atoms. The molecule has 82 valence electrons. The first-order valence-corrected chi connectivity index (χ1v) is 5.58. The van der Waals surface area contributed by atoms with E-state index in [1.807, 2.05) is 0 Å². The van der Waals surface area contributed by atoms with Crippen LogP contribution in [0.15, 0.2) is 0 Å². The zero-order valence-corrected chi connectivity index (χ0v) is 9.21. The van der Waals surface area contributed by atoms with Crippen LogP contribution in [-0.4, -0.2) is 32.6 Å². The van der Waals surface area contributed by atoms with E-state index in [4.69, 9.17) is 9.47 Å². The predicted octanol–water partition coefficient (Wildman–Crippen LogP) is 1.39. The fourth-order valence-electron chi connectivity index (χ4n) is 2.01. The second kappa shape index (κ2) is 4.17. The van der Waals surface area contributed by atoms with Crippen LogP contribution >= 0.6 is 0 Å². The molecule has 0 spiro atoms. The van der Waals surface area contributed by atoms with Crippen LogP contribution in [0.1, 0.15) is 26.7 Å². The Balaban J connectivity index is 1.54. The maximum atomic E-state index is 5.45. The van der Waals surface area contributed by atoms with Crippen molar-refractivity contribution in [3.63, 3.8) is 0 Å². The van der Waals surface area contributed by atoms with E-state index in [1.54, 1.807) is 0 Å². The fourth-order valence-corrected chi connectivity index (χ4v) is 2.01. The molecule has 0 aromatic heterocycles. The van der Waals surface area contributed by atoms with Crippen LogP contribution in [0.4, 0.5) is 0 Å². The average molecular weight is 199 g/mol. The Hall–Kier alpha value is -0.120. The van der Waals surface area contributed by atoms with Crippen molar-refractivity contribution >= 4 is 0 Å². The molecule has 0 aromatic rings. The van der Waals surface area contributed by atoms with Gasteiger partial charge in [0.25, 0.3) is 0 Å². The molecular formula is C11H21NO2. The summed E-state index contributed by atoms with van der Waals surface area (Å²) in [6.45, 7) is 8.13. The molecule has 2 unspecified atom stereocenters. The molecule has 2 aliphatic rings. The van der Waals surface area contributed by atoms with Crippen LogP contribution < -0.4 is 5.32 Å². The van der Waals surface area contributed by atoms with Gasteiger partial charge in [0.05, 0.1) is 12.7 Å². The van der Waals surface area contributed by atoms with Gasteiger partial charge in [-0.05, 0) is 30.7 Å². The first-order chi connectivity index (χ1) is 6.68. The second-order valence-corrected chi connectivity index (χ2v) is 5.15. The van der Waals surface area contributed by atoms with Gasteiger partial charge in [0.2, 0.25) is 0 Å². The molecule has 1 aliphatic carbocycles. The molecule has 1 aliphatic heterocycles. The van der Waals surface area contributed by atoms with Gasteiger partial charge in [0, 0.05) is 6.54 Å².